The average molecular weight is 832 g/mol. The number of H-pyrrole nitrogens is 3. The monoisotopic (exact) mass is 831 g/mol. The predicted molar refractivity (Wildman–Crippen MR) is 236 cm³/mol. The lowest BCUT2D eigenvalue weighted by Crippen LogP contribution is -2.43. The molecule has 3 aromatic carbocycles. The number of nitrogens with two attached hydrogens (primary N) is 2. The lowest BCUT2D eigenvalue weighted by molar-refractivity contribution is -0.123. The second kappa shape index (κ2) is 18.7. The summed E-state index contributed by atoms with van der Waals surface area (Å²) in [5.74, 6) is 10.5. The van der Waals surface area contributed by atoms with Gasteiger partial charge >= 0.3 is 0 Å². The van der Waals surface area contributed by atoms with Crippen molar-refractivity contribution < 1.29 is 28.8 Å². The molecule has 320 valence electrons. The number of aromatic nitrogens is 3. The largest absolute Gasteiger partial charge is 0.351 e. The van der Waals surface area contributed by atoms with Crippen LogP contribution in [0.2, 0.25) is 0 Å². The number of hydrogen-bond acceptors (Lipinski definition) is 10. The Morgan fingerprint density at radius 1 is 0.541 bits per heavy atom. The molecule has 0 aliphatic carbocycles. The van der Waals surface area contributed by atoms with Crippen molar-refractivity contribution in [2.75, 3.05) is 37.8 Å². The molecule has 0 aliphatic heterocycles. The summed E-state index contributed by atoms with van der Waals surface area (Å²) in [6.45, 7) is 7.90. The van der Waals surface area contributed by atoms with Gasteiger partial charge in [0.25, 0.3) is 23.6 Å². The van der Waals surface area contributed by atoms with Gasteiger partial charge in [0.05, 0.1) is 12.1 Å². The van der Waals surface area contributed by atoms with Crippen LogP contribution in [0.3, 0.4) is 0 Å². The Morgan fingerprint density at radius 3 is 1.44 bits per heavy atom. The number of amides is 4. The van der Waals surface area contributed by atoms with E-state index in [9.17, 15) is 28.8 Å². The molecule has 6 aromatic rings. The number of benzene rings is 3. The van der Waals surface area contributed by atoms with Crippen molar-refractivity contribution in [2.45, 2.75) is 52.6 Å². The Labute approximate surface area is 352 Å². The van der Waals surface area contributed by atoms with E-state index in [4.69, 9.17) is 11.7 Å². The molecule has 4 amide bonds. The molecule has 2 atom stereocenters. The highest BCUT2D eigenvalue weighted by Gasteiger charge is 2.24. The van der Waals surface area contributed by atoms with E-state index in [0.717, 1.165) is 20.8 Å². The van der Waals surface area contributed by atoms with E-state index in [0.29, 0.717) is 38.9 Å². The lowest BCUT2D eigenvalue weighted by Gasteiger charge is -2.21. The van der Waals surface area contributed by atoms with E-state index in [2.05, 4.69) is 36.2 Å². The van der Waals surface area contributed by atoms with E-state index in [1.807, 2.05) is 27.7 Å². The molecule has 0 aliphatic rings. The number of anilines is 2. The number of fused-ring (bicyclic) bond motifs is 3. The van der Waals surface area contributed by atoms with Gasteiger partial charge in [0.2, 0.25) is 0 Å². The molecule has 0 saturated carbocycles. The maximum absolute atomic E-state index is 13.4. The molecule has 6 rings (SSSR count). The average Bonchev–Trinajstić information content (AvgIpc) is 3.98. The maximum Gasteiger partial charge on any atom is 0.284 e. The zero-order chi connectivity index (χ0) is 44.1. The molecule has 3 aromatic heterocycles. The van der Waals surface area contributed by atoms with Gasteiger partial charge < -0.3 is 36.2 Å². The summed E-state index contributed by atoms with van der Waals surface area (Å²) in [6.07, 6.45) is 0.226. The van der Waals surface area contributed by atoms with Crippen LogP contribution in [0.15, 0.2) is 72.8 Å². The number of nitrogens with one attached hydrogen (secondary N) is 7. The van der Waals surface area contributed by atoms with Crippen LogP contribution in [0.25, 0.3) is 32.7 Å². The van der Waals surface area contributed by atoms with Crippen LogP contribution in [-0.4, -0.2) is 99.4 Å². The van der Waals surface area contributed by atoms with Crippen molar-refractivity contribution in [1.82, 2.24) is 35.6 Å². The summed E-state index contributed by atoms with van der Waals surface area (Å²) < 4.78 is 0. The molecule has 0 spiro atoms. The van der Waals surface area contributed by atoms with E-state index in [-0.39, 0.29) is 84.4 Å². The van der Waals surface area contributed by atoms with Gasteiger partial charge in [0, 0.05) is 75.6 Å². The number of carbonyl (C=O) groups excluding carboxylic acids is 6. The smallest absolute Gasteiger partial charge is 0.284 e. The van der Waals surface area contributed by atoms with Crippen molar-refractivity contribution in [1.29, 1.82) is 0 Å². The van der Waals surface area contributed by atoms with E-state index < -0.39 is 17.7 Å². The van der Waals surface area contributed by atoms with Gasteiger partial charge in [0.15, 0.2) is 11.6 Å². The standard InChI is InChI=1S/C44H53N11O6/c1-23(2)39(47-5)37(56)13-15-54(45)43(60)35-18-25-7-10-29(21-32(25)52-35)49-41(58)27-9-12-31-28(17-27)20-34(51-31)42(59)50-30-11-8-26-19-36(53-33(26)22-30)44(61)55(46)16-14-38(57)40(48-6)24(3)4/h7-12,17-24,39-40,47-48,51-53H,13-16,45-46H2,1-6H3,(H,49,58)(H,50,59)/t39-,40-/m0/s1. The van der Waals surface area contributed by atoms with Gasteiger partial charge in [-0.15, -0.1) is 0 Å². The lowest BCUT2D eigenvalue weighted by atomic mass is 9.98. The minimum absolute atomic E-state index is 0.0260. The van der Waals surface area contributed by atoms with Crippen LogP contribution in [0.5, 0.6) is 0 Å². The Bertz CT molecular complexity index is 2480. The summed E-state index contributed by atoms with van der Waals surface area (Å²) in [4.78, 5) is 87.2. The Kier molecular flexibility index (Phi) is 13.5. The topological polar surface area (TPSA) is 256 Å². The van der Waals surface area contributed by atoms with E-state index >= 15 is 0 Å². The van der Waals surface area contributed by atoms with Crippen LogP contribution < -0.4 is 33.0 Å². The van der Waals surface area contributed by atoms with Gasteiger partial charge in [-0.05, 0) is 86.6 Å². The number of aromatic amines is 3. The van der Waals surface area contributed by atoms with E-state index in [1.165, 1.54) is 0 Å². The van der Waals surface area contributed by atoms with Crippen LogP contribution in [0.4, 0.5) is 11.4 Å². The van der Waals surface area contributed by atoms with Crippen LogP contribution in [-0.2, 0) is 9.59 Å². The van der Waals surface area contributed by atoms with Crippen molar-refractivity contribution in [3.05, 3.63) is 95.4 Å². The molecular formula is C44H53N11O6. The van der Waals surface area contributed by atoms with Crippen molar-refractivity contribution in [3.8, 4) is 0 Å². The zero-order valence-electron chi connectivity index (χ0n) is 35.1. The minimum Gasteiger partial charge on any atom is -0.351 e. The second-order valence-electron chi connectivity index (χ2n) is 15.8. The molecule has 3 heterocycles. The van der Waals surface area contributed by atoms with Gasteiger partial charge in [-0.1, -0.05) is 39.8 Å². The molecule has 0 radical (unpaired) electrons. The number of likely N-dealkylation sites (N-methyl/N-ethyl adjacent to an activating group) is 2. The Balaban J connectivity index is 1.06. The van der Waals surface area contributed by atoms with Crippen molar-refractivity contribution >= 4 is 79.3 Å². The number of carbonyl (C=O) groups is 6. The van der Waals surface area contributed by atoms with Crippen molar-refractivity contribution in [3.63, 3.8) is 0 Å². The molecular weight excluding hydrogens is 779 g/mol. The SMILES string of the molecule is CN[C@H](C(=O)CCN(N)C(=O)c1cc2ccc(NC(=O)c3ccc4[nH]c(C(=O)Nc5ccc6cc(C(=O)N(N)CCC(=O)[C@@H](NC)C(C)C)[nH]c6c5)cc4c3)cc2[nH]1)C(C)C. The Morgan fingerprint density at radius 2 is 0.984 bits per heavy atom. The first kappa shape index (κ1) is 43.9. The summed E-state index contributed by atoms with van der Waals surface area (Å²) in [5, 5.41) is 15.9. The van der Waals surface area contributed by atoms with Gasteiger partial charge in [-0.2, -0.15) is 0 Å². The summed E-state index contributed by atoms with van der Waals surface area (Å²) in [6, 6.07) is 19.7. The normalized spacial score (nSPS) is 12.6. The molecule has 11 N–H and O–H groups in total. The minimum atomic E-state index is -0.470. The third-order valence-electron chi connectivity index (χ3n) is 10.7. The molecule has 0 fully saturated rings. The number of nitrogens with zero attached hydrogens (tertiary/aromatic N) is 2. The number of hydrogen-bond donors (Lipinski definition) is 9. The molecule has 0 unspecified atom stereocenters. The molecule has 0 bridgehead atoms. The Hall–Kier alpha value is -6.66. The van der Waals surface area contributed by atoms with Crippen molar-refractivity contribution in [2.24, 2.45) is 23.5 Å². The maximum atomic E-state index is 13.4. The van der Waals surface area contributed by atoms with Crippen LogP contribution >= 0.6 is 0 Å². The highest BCUT2D eigenvalue weighted by Crippen LogP contribution is 2.25. The third-order valence-corrected chi connectivity index (χ3v) is 10.7. The highest BCUT2D eigenvalue weighted by atomic mass is 16.2. The number of ketones is 2. The van der Waals surface area contributed by atoms with E-state index in [1.54, 1.807) is 86.9 Å². The fraction of sp³-hybridized carbons (Fsp3) is 0.318. The van der Waals surface area contributed by atoms with Crippen LogP contribution in [0, 0.1) is 11.8 Å². The van der Waals surface area contributed by atoms with Gasteiger partial charge in [-0.25, -0.2) is 11.7 Å². The molecule has 17 heteroatoms. The van der Waals surface area contributed by atoms with Gasteiger partial charge in [0.1, 0.15) is 17.1 Å². The molecule has 17 nitrogen and oxygen atoms in total. The summed E-state index contributed by atoms with van der Waals surface area (Å²) in [7, 11) is 3.45. The molecule has 0 saturated heterocycles. The zero-order valence-corrected chi connectivity index (χ0v) is 35.1. The first-order valence-corrected chi connectivity index (χ1v) is 20.1. The predicted octanol–water partition coefficient (Wildman–Crippen LogP) is 4.67. The quantitative estimate of drug-likeness (QED) is 0.0329. The highest BCUT2D eigenvalue weighted by molar-refractivity contribution is 6.10. The fourth-order valence-electron chi connectivity index (χ4n) is 7.45. The molecule has 61 heavy (non-hydrogen) atoms. The third kappa shape index (κ3) is 10.0. The fourth-order valence-corrected chi connectivity index (χ4v) is 7.45. The second-order valence-corrected chi connectivity index (χ2v) is 15.8. The number of Topliss-reactive ketones (excluding diaryl/α,β-unsaturated/α-hetero) is 2. The number of rotatable bonds is 18. The summed E-state index contributed by atoms with van der Waals surface area (Å²) in [5.41, 5.74) is 3.94. The first-order chi connectivity index (χ1) is 29.1. The first-order valence-electron chi connectivity index (χ1n) is 20.1. The number of hydrazine groups is 2. The van der Waals surface area contributed by atoms with Crippen LogP contribution in [0.1, 0.15) is 82.4 Å². The summed E-state index contributed by atoms with van der Waals surface area (Å²) >= 11 is 0. The van der Waals surface area contributed by atoms with Gasteiger partial charge in [-0.3, -0.25) is 38.8 Å².